The summed E-state index contributed by atoms with van der Waals surface area (Å²) in [6, 6.07) is 0.553. The lowest BCUT2D eigenvalue weighted by atomic mass is 10.1. The van der Waals surface area contributed by atoms with E-state index in [2.05, 4.69) is 19.2 Å². The third kappa shape index (κ3) is 4.72. The third-order valence-corrected chi connectivity index (χ3v) is 4.05. The van der Waals surface area contributed by atoms with Crippen molar-refractivity contribution >= 4 is 11.8 Å². The maximum atomic E-state index is 9.05. The van der Waals surface area contributed by atoms with Gasteiger partial charge in [0.1, 0.15) is 0 Å². The van der Waals surface area contributed by atoms with Crippen LogP contribution >= 0.6 is 11.8 Å². The van der Waals surface area contributed by atoms with Gasteiger partial charge in [-0.3, -0.25) is 0 Å². The summed E-state index contributed by atoms with van der Waals surface area (Å²) in [6.07, 6.45) is 2.26. The molecule has 1 fully saturated rings. The molecule has 0 bridgehead atoms. The first-order valence-electron chi connectivity index (χ1n) is 5.85. The minimum Gasteiger partial charge on any atom is -0.395 e. The van der Waals surface area contributed by atoms with Crippen LogP contribution in [0.2, 0.25) is 0 Å². The van der Waals surface area contributed by atoms with E-state index in [0.717, 1.165) is 26.2 Å². The van der Waals surface area contributed by atoms with Crippen molar-refractivity contribution in [2.45, 2.75) is 43.2 Å². The van der Waals surface area contributed by atoms with E-state index in [0.29, 0.717) is 16.5 Å². The van der Waals surface area contributed by atoms with Crippen LogP contribution in [-0.2, 0) is 4.74 Å². The summed E-state index contributed by atoms with van der Waals surface area (Å²) in [7, 11) is 0. The van der Waals surface area contributed by atoms with Gasteiger partial charge in [-0.15, -0.1) is 11.8 Å². The summed E-state index contributed by atoms with van der Waals surface area (Å²) < 4.78 is 5.50. The molecule has 3 nitrogen and oxygen atoms in total. The van der Waals surface area contributed by atoms with E-state index in [1.807, 2.05) is 11.8 Å². The molecule has 0 aromatic rings. The second-order valence-corrected chi connectivity index (χ2v) is 5.77. The number of hydrogen-bond acceptors (Lipinski definition) is 4. The molecule has 1 aliphatic heterocycles. The molecule has 1 saturated heterocycles. The number of hydrogen-bond donors (Lipinski definition) is 2. The minimum absolute atomic E-state index is 0.252. The van der Waals surface area contributed by atoms with Crippen molar-refractivity contribution in [2.24, 2.45) is 0 Å². The van der Waals surface area contributed by atoms with Crippen molar-refractivity contribution < 1.29 is 9.84 Å². The molecule has 0 saturated carbocycles. The van der Waals surface area contributed by atoms with Crippen molar-refractivity contribution in [3.05, 3.63) is 0 Å². The smallest absolute Gasteiger partial charge is 0.0600 e. The van der Waals surface area contributed by atoms with Gasteiger partial charge in [-0.25, -0.2) is 0 Å². The van der Waals surface area contributed by atoms with Crippen LogP contribution in [0.5, 0.6) is 0 Å². The molecule has 1 rings (SSSR count). The van der Waals surface area contributed by atoms with Crippen molar-refractivity contribution in [3.63, 3.8) is 0 Å². The van der Waals surface area contributed by atoms with Crippen LogP contribution < -0.4 is 5.32 Å². The molecule has 3 atom stereocenters. The van der Waals surface area contributed by atoms with Gasteiger partial charge in [-0.2, -0.15) is 0 Å². The Kier molecular flexibility index (Phi) is 6.64. The fourth-order valence-corrected chi connectivity index (χ4v) is 3.03. The van der Waals surface area contributed by atoms with Gasteiger partial charge in [0.05, 0.1) is 13.2 Å². The topological polar surface area (TPSA) is 41.5 Å². The first kappa shape index (κ1) is 13.3. The van der Waals surface area contributed by atoms with E-state index in [1.54, 1.807) is 0 Å². The second-order valence-electron chi connectivity index (χ2n) is 4.09. The highest BCUT2D eigenvalue weighted by atomic mass is 32.2. The molecule has 90 valence electrons. The minimum atomic E-state index is 0.252. The predicted molar refractivity (Wildman–Crippen MR) is 65.4 cm³/mol. The number of aliphatic hydroxyl groups is 1. The van der Waals surface area contributed by atoms with Crippen LogP contribution in [-0.4, -0.2) is 48.0 Å². The number of ether oxygens (including phenoxy) is 1. The zero-order valence-electron chi connectivity index (χ0n) is 9.74. The Morgan fingerprint density at radius 2 is 2.40 bits per heavy atom. The van der Waals surface area contributed by atoms with E-state index in [1.165, 1.54) is 6.42 Å². The first-order valence-corrected chi connectivity index (χ1v) is 6.79. The van der Waals surface area contributed by atoms with E-state index >= 15 is 0 Å². The molecule has 3 unspecified atom stereocenters. The largest absolute Gasteiger partial charge is 0.395 e. The first-order chi connectivity index (χ1) is 7.27. The van der Waals surface area contributed by atoms with E-state index < -0.39 is 0 Å². The molecule has 0 aliphatic carbocycles. The van der Waals surface area contributed by atoms with Gasteiger partial charge < -0.3 is 15.2 Å². The average molecular weight is 233 g/mol. The molecule has 1 heterocycles. The van der Waals surface area contributed by atoms with Crippen molar-refractivity contribution in [1.82, 2.24) is 5.32 Å². The SMILES string of the molecule is CCCNC1CCOCC1SC(C)CO. The Bertz CT molecular complexity index is 169. The lowest BCUT2D eigenvalue weighted by Gasteiger charge is -2.33. The molecule has 15 heavy (non-hydrogen) atoms. The van der Waals surface area contributed by atoms with Gasteiger partial charge in [-0.05, 0) is 19.4 Å². The molecule has 0 spiro atoms. The maximum Gasteiger partial charge on any atom is 0.0600 e. The Morgan fingerprint density at radius 3 is 3.07 bits per heavy atom. The number of thioether (sulfide) groups is 1. The van der Waals surface area contributed by atoms with Crippen molar-refractivity contribution in [3.8, 4) is 0 Å². The van der Waals surface area contributed by atoms with Crippen LogP contribution in [0.4, 0.5) is 0 Å². The highest BCUT2D eigenvalue weighted by Gasteiger charge is 2.26. The van der Waals surface area contributed by atoms with Gasteiger partial charge in [0.15, 0.2) is 0 Å². The molecular weight excluding hydrogens is 210 g/mol. The van der Waals surface area contributed by atoms with Gasteiger partial charge in [-0.1, -0.05) is 13.8 Å². The Morgan fingerprint density at radius 1 is 1.60 bits per heavy atom. The molecule has 4 heteroatoms. The highest BCUT2D eigenvalue weighted by molar-refractivity contribution is 8.00. The second kappa shape index (κ2) is 7.49. The standard InChI is InChI=1S/C11H23NO2S/c1-3-5-12-10-4-6-14-8-11(10)15-9(2)7-13/h9-13H,3-8H2,1-2H3. The monoisotopic (exact) mass is 233 g/mol. The molecule has 0 radical (unpaired) electrons. The molecule has 0 amide bonds. The lowest BCUT2D eigenvalue weighted by Crippen LogP contribution is -2.45. The summed E-state index contributed by atoms with van der Waals surface area (Å²) >= 11 is 1.84. The normalized spacial score (nSPS) is 29.0. The quantitative estimate of drug-likeness (QED) is 0.725. The van der Waals surface area contributed by atoms with Crippen LogP contribution in [0.15, 0.2) is 0 Å². The van der Waals surface area contributed by atoms with Crippen LogP contribution in [0.25, 0.3) is 0 Å². The number of aliphatic hydroxyl groups excluding tert-OH is 1. The fraction of sp³-hybridized carbons (Fsp3) is 1.00. The van der Waals surface area contributed by atoms with Crippen LogP contribution in [0.3, 0.4) is 0 Å². The maximum absolute atomic E-state index is 9.05. The Hall–Kier alpha value is 0.230. The van der Waals surface area contributed by atoms with E-state index in [9.17, 15) is 0 Å². The molecule has 2 N–H and O–H groups in total. The lowest BCUT2D eigenvalue weighted by molar-refractivity contribution is 0.0831. The van der Waals surface area contributed by atoms with Gasteiger partial charge in [0.25, 0.3) is 0 Å². The molecule has 0 aromatic heterocycles. The Balaban J connectivity index is 2.35. The molecular formula is C11H23NO2S. The third-order valence-electron chi connectivity index (χ3n) is 2.62. The number of rotatable bonds is 6. The fourth-order valence-electron chi connectivity index (χ4n) is 1.75. The van der Waals surface area contributed by atoms with Gasteiger partial charge >= 0.3 is 0 Å². The van der Waals surface area contributed by atoms with E-state index in [-0.39, 0.29) is 6.61 Å². The van der Waals surface area contributed by atoms with Crippen molar-refractivity contribution in [2.75, 3.05) is 26.4 Å². The van der Waals surface area contributed by atoms with Crippen molar-refractivity contribution in [1.29, 1.82) is 0 Å². The summed E-state index contributed by atoms with van der Waals surface area (Å²) in [4.78, 5) is 0. The van der Waals surface area contributed by atoms with E-state index in [4.69, 9.17) is 9.84 Å². The van der Waals surface area contributed by atoms with Gasteiger partial charge in [0.2, 0.25) is 0 Å². The molecule has 1 aliphatic rings. The highest BCUT2D eigenvalue weighted by Crippen LogP contribution is 2.25. The Labute approximate surface area is 97.0 Å². The summed E-state index contributed by atoms with van der Waals surface area (Å²) in [5.41, 5.74) is 0. The summed E-state index contributed by atoms with van der Waals surface area (Å²) in [5.74, 6) is 0. The zero-order chi connectivity index (χ0) is 11.1. The number of nitrogens with one attached hydrogen (secondary N) is 1. The van der Waals surface area contributed by atoms with Crippen LogP contribution in [0.1, 0.15) is 26.7 Å². The van der Waals surface area contributed by atoms with Crippen LogP contribution in [0, 0.1) is 0 Å². The molecule has 0 aromatic carbocycles. The summed E-state index contributed by atoms with van der Waals surface area (Å²) in [5, 5.41) is 13.4. The summed E-state index contributed by atoms with van der Waals surface area (Å²) in [6.45, 7) is 7.26. The predicted octanol–water partition coefficient (Wildman–Crippen LogP) is 1.26. The van der Waals surface area contributed by atoms with Gasteiger partial charge in [0, 0.05) is 23.1 Å². The zero-order valence-corrected chi connectivity index (χ0v) is 10.6. The average Bonchev–Trinajstić information content (AvgIpc) is 2.28.